The Hall–Kier alpha value is -1.82. The standard InChI is InChI=1S/C14H24N4O2/c1-5-18(6-2)7-8-20-12-9-10(3)16-11(4)13(12)14(15)17-19/h9,19H,5-8H2,1-4H3,(H2,15,17). The number of aromatic nitrogens is 1. The Labute approximate surface area is 120 Å². The minimum absolute atomic E-state index is 0.0211. The number of ether oxygens (including phenoxy) is 1. The molecule has 1 aromatic heterocycles. The van der Waals surface area contributed by atoms with Crippen LogP contribution in [0.5, 0.6) is 5.75 Å². The minimum Gasteiger partial charge on any atom is -0.491 e. The highest BCUT2D eigenvalue weighted by atomic mass is 16.5. The summed E-state index contributed by atoms with van der Waals surface area (Å²) in [4.78, 5) is 6.58. The van der Waals surface area contributed by atoms with Crippen molar-refractivity contribution < 1.29 is 9.94 Å². The van der Waals surface area contributed by atoms with Crippen molar-refractivity contribution in [2.45, 2.75) is 27.7 Å². The molecular weight excluding hydrogens is 256 g/mol. The number of hydrogen-bond acceptors (Lipinski definition) is 5. The molecule has 0 aliphatic heterocycles. The first-order valence-corrected chi connectivity index (χ1v) is 6.84. The Kier molecular flexibility index (Phi) is 6.24. The number of aryl methyl sites for hydroxylation is 2. The zero-order chi connectivity index (χ0) is 15.1. The smallest absolute Gasteiger partial charge is 0.175 e. The highest BCUT2D eigenvalue weighted by molar-refractivity contribution is 6.00. The van der Waals surface area contributed by atoms with Crippen LogP contribution in [0.4, 0.5) is 0 Å². The van der Waals surface area contributed by atoms with Gasteiger partial charge in [0.15, 0.2) is 5.84 Å². The molecule has 0 amide bonds. The van der Waals surface area contributed by atoms with Crippen molar-refractivity contribution in [2.75, 3.05) is 26.2 Å². The summed E-state index contributed by atoms with van der Waals surface area (Å²) in [7, 11) is 0. The van der Waals surface area contributed by atoms with E-state index in [1.165, 1.54) is 0 Å². The van der Waals surface area contributed by atoms with Gasteiger partial charge in [-0.3, -0.25) is 4.98 Å². The third kappa shape index (κ3) is 4.09. The first-order valence-electron chi connectivity index (χ1n) is 6.84. The van der Waals surface area contributed by atoms with E-state index in [1.807, 2.05) is 19.9 Å². The van der Waals surface area contributed by atoms with Crippen molar-refractivity contribution in [2.24, 2.45) is 10.9 Å². The van der Waals surface area contributed by atoms with Crippen LogP contribution in [-0.4, -0.2) is 47.2 Å². The van der Waals surface area contributed by atoms with Gasteiger partial charge >= 0.3 is 0 Å². The number of rotatable bonds is 7. The summed E-state index contributed by atoms with van der Waals surface area (Å²) in [6.45, 7) is 11.3. The minimum atomic E-state index is 0.0211. The van der Waals surface area contributed by atoms with Gasteiger partial charge in [-0.25, -0.2) is 0 Å². The maximum atomic E-state index is 8.87. The van der Waals surface area contributed by atoms with Crippen LogP contribution in [0.15, 0.2) is 11.2 Å². The third-order valence-corrected chi connectivity index (χ3v) is 3.22. The molecule has 0 aromatic carbocycles. The Balaban J connectivity index is 2.88. The molecule has 6 nitrogen and oxygen atoms in total. The molecule has 0 saturated carbocycles. The Bertz CT molecular complexity index is 470. The summed E-state index contributed by atoms with van der Waals surface area (Å²) >= 11 is 0. The molecule has 0 aliphatic rings. The van der Waals surface area contributed by atoms with Crippen LogP contribution in [0.1, 0.15) is 30.8 Å². The normalized spacial score (nSPS) is 11.9. The highest BCUT2D eigenvalue weighted by Gasteiger charge is 2.14. The molecule has 0 radical (unpaired) electrons. The third-order valence-electron chi connectivity index (χ3n) is 3.22. The molecule has 1 rings (SSSR count). The Morgan fingerprint density at radius 3 is 2.60 bits per heavy atom. The van der Waals surface area contributed by atoms with E-state index < -0.39 is 0 Å². The van der Waals surface area contributed by atoms with Crippen molar-refractivity contribution >= 4 is 5.84 Å². The van der Waals surface area contributed by atoms with Gasteiger partial charge in [-0.1, -0.05) is 19.0 Å². The number of nitrogens with zero attached hydrogens (tertiary/aromatic N) is 3. The van der Waals surface area contributed by atoms with Crippen LogP contribution in [0.2, 0.25) is 0 Å². The van der Waals surface area contributed by atoms with Crippen LogP contribution in [-0.2, 0) is 0 Å². The average molecular weight is 280 g/mol. The fourth-order valence-electron chi connectivity index (χ4n) is 2.09. The first-order chi connectivity index (χ1) is 9.53. The maximum absolute atomic E-state index is 8.87. The van der Waals surface area contributed by atoms with E-state index in [4.69, 9.17) is 15.7 Å². The van der Waals surface area contributed by atoms with Gasteiger partial charge in [0.1, 0.15) is 12.4 Å². The Morgan fingerprint density at radius 2 is 2.05 bits per heavy atom. The zero-order valence-corrected chi connectivity index (χ0v) is 12.7. The second kappa shape index (κ2) is 7.69. The van der Waals surface area contributed by atoms with E-state index in [-0.39, 0.29) is 5.84 Å². The number of oxime groups is 1. The summed E-state index contributed by atoms with van der Waals surface area (Å²) in [5.74, 6) is 0.630. The number of pyridine rings is 1. The zero-order valence-electron chi connectivity index (χ0n) is 12.7. The fourth-order valence-corrected chi connectivity index (χ4v) is 2.09. The SMILES string of the molecule is CCN(CC)CCOc1cc(C)nc(C)c1/C(N)=N/O. The van der Waals surface area contributed by atoms with Gasteiger partial charge in [0.05, 0.1) is 11.3 Å². The molecule has 3 N–H and O–H groups in total. The summed E-state index contributed by atoms with van der Waals surface area (Å²) < 4.78 is 5.80. The Morgan fingerprint density at radius 1 is 1.40 bits per heavy atom. The maximum Gasteiger partial charge on any atom is 0.175 e. The van der Waals surface area contributed by atoms with Gasteiger partial charge in [0.2, 0.25) is 0 Å². The molecule has 0 aliphatic carbocycles. The number of hydrogen-bond donors (Lipinski definition) is 2. The monoisotopic (exact) mass is 280 g/mol. The van der Waals surface area contributed by atoms with Gasteiger partial charge in [-0.2, -0.15) is 0 Å². The first kappa shape index (κ1) is 16.2. The largest absolute Gasteiger partial charge is 0.491 e. The molecule has 0 bridgehead atoms. The van der Waals surface area contributed by atoms with E-state index in [2.05, 4.69) is 28.9 Å². The number of likely N-dealkylation sites (N-methyl/N-ethyl adjacent to an activating group) is 1. The van der Waals surface area contributed by atoms with Gasteiger partial charge in [0.25, 0.3) is 0 Å². The van der Waals surface area contributed by atoms with Gasteiger partial charge in [0, 0.05) is 18.3 Å². The lowest BCUT2D eigenvalue weighted by atomic mass is 10.1. The van der Waals surface area contributed by atoms with Crippen molar-refractivity contribution in [3.63, 3.8) is 0 Å². The summed E-state index contributed by atoms with van der Waals surface area (Å²) in [6.07, 6.45) is 0. The molecular formula is C14H24N4O2. The van der Waals surface area contributed by atoms with E-state index >= 15 is 0 Å². The lowest BCUT2D eigenvalue weighted by molar-refractivity contribution is 0.222. The lowest BCUT2D eigenvalue weighted by Gasteiger charge is -2.19. The van der Waals surface area contributed by atoms with Gasteiger partial charge < -0.3 is 20.6 Å². The van der Waals surface area contributed by atoms with Crippen molar-refractivity contribution in [1.82, 2.24) is 9.88 Å². The molecule has 0 fully saturated rings. The van der Waals surface area contributed by atoms with Crippen LogP contribution < -0.4 is 10.5 Å². The second-order valence-electron chi connectivity index (χ2n) is 4.58. The molecule has 20 heavy (non-hydrogen) atoms. The molecule has 0 spiro atoms. The molecule has 0 unspecified atom stereocenters. The van der Waals surface area contributed by atoms with Crippen molar-refractivity contribution in [3.8, 4) is 5.75 Å². The molecule has 0 atom stereocenters. The highest BCUT2D eigenvalue weighted by Crippen LogP contribution is 2.22. The quantitative estimate of drug-likeness (QED) is 0.342. The van der Waals surface area contributed by atoms with Crippen molar-refractivity contribution in [1.29, 1.82) is 0 Å². The number of amidine groups is 1. The molecule has 1 aromatic rings. The van der Waals surface area contributed by atoms with Gasteiger partial charge in [-0.15, -0.1) is 0 Å². The molecule has 1 heterocycles. The predicted octanol–water partition coefficient (Wildman–Crippen LogP) is 1.51. The van der Waals surface area contributed by atoms with Gasteiger partial charge in [-0.05, 0) is 26.9 Å². The van der Waals surface area contributed by atoms with E-state index in [1.54, 1.807) is 0 Å². The van der Waals surface area contributed by atoms with Crippen LogP contribution in [0.25, 0.3) is 0 Å². The lowest BCUT2D eigenvalue weighted by Crippen LogP contribution is -2.28. The second-order valence-corrected chi connectivity index (χ2v) is 4.58. The average Bonchev–Trinajstić information content (AvgIpc) is 2.42. The predicted molar refractivity (Wildman–Crippen MR) is 79.5 cm³/mol. The molecule has 112 valence electrons. The number of nitrogens with two attached hydrogens (primary N) is 1. The molecule has 6 heteroatoms. The molecule has 0 saturated heterocycles. The van der Waals surface area contributed by atoms with E-state index in [0.29, 0.717) is 23.6 Å². The summed E-state index contributed by atoms with van der Waals surface area (Å²) in [6, 6.07) is 1.81. The van der Waals surface area contributed by atoms with Crippen LogP contribution in [0, 0.1) is 13.8 Å². The summed E-state index contributed by atoms with van der Waals surface area (Å²) in [5.41, 5.74) is 7.79. The topological polar surface area (TPSA) is 84.0 Å². The van der Waals surface area contributed by atoms with E-state index in [9.17, 15) is 0 Å². The summed E-state index contributed by atoms with van der Waals surface area (Å²) in [5, 5.41) is 11.9. The fraction of sp³-hybridized carbons (Fsp3) is 0.571. The van der Waals surface area contributed by atoms with Crippen LogP contribution in [0.3, 0.4) is 0 Å². The van der Waals surface area contributed by atoms with E-state index in [0.717, 1.165) is 25.3 Å². The van der Waals surface area contributed by atoms with Crippen molar-refractivity contribution in [3.05, 3.63) is 23.0 Å². The van der Waals surface area contributed by atoms with Crippen LogP contribution >= 0.6 is 0 Å².